The zero-order valence-corrected chi connectivity index (χ0v) is 18.2. The van der Waals surface area contributed by atoms with Crippen LogP contribution in [0, 0.1) is 5.92 Å². The van der Waals surface area contributed by atoms with Crippen LogP contribution in [0.3, 0.4) is 0 Å². The van der Waals surface area contributed by atoms with E-state index < -0.39 is 0 Å². The number of hydrogen-bond acceptors (Lipinski definition) is 6. The molecule has 0 unspecified atom stereocenters. The molecule has 1 aromatic carbocycles. The second-order valence-corrected chi connectivity index (χ2v) is 8.92. The van der Waals surface area contributed by atoms with E-state index in [0.29, 0.717) is 5.56 Å². The quantitative estimate of drug-likeness (QED) is 0.751. The van der Waals surface area contributed by atoms with Gasteiger partial charge >= 0.3 is 0 Å². The lowest BCUT2D eigenvalue weighted by Crippen LogP contribution is -2.48. The van der Waals surface area contributed by atoms with Gasteiger partial charge in [0.15, 0.2) is 5.13 Å². The van der Waals surface area contributed by atoms with Gasteiger partial charge in [0.05, 0.1) is 12.8 Å². The Labute approximate surface area is 177 Å². The maximum Gasteiger partial charge on any atom is 0.253 e. The zero-order valence-electron chi connectivity index (χ0n) is 17.3. The number of carbonyl (C=O) groups is 1. The van der Waals surface area contributed by atoms with Crippen LogP contribution in [0.5, 0.6) is 5.75 Å². The number of likely N-dealkylation sites (tertiary alicyclic amines) is 1. The summed E-state index contributed by atoms with van der Waals surface area (Å²) >= 11 is 1.73. The van der Waals surface area contributed by atoms with Crippen LogP contribution >= 0.6 is 11.3 Å². The molecule has 1 amide bonds. The third-order valence-corrected chi connectivity index (χ3v) is 6.93. The number of hydrogen-bond donors (Lipinski definition) is 0. The number of aromatic nitrogens is 1. The molecule has 3 heterocycles. The van der Waals surface area contributed by atoms with Crippen LogP contribution in [-0.2, 0) is 6.54 Å². The minimum Gasteiger partial charge on any atom is -0.497 e. The SMILES string of the molecule is COc1ccc(C(=O)N2CCN(c3nc(CN4CCC(C)CC4)cs3)CC2)cc1. The van der Waals surface area contributed by atoms with E-state index in [2.05, 4.69) is 22.1 Å². The van der Waals surface area contributed by atoms with Gasteiger partial charge in [-0.3, -0.25) is 9.69 Å². The van der Waals surface area contributed by atoms with Crippen molar-refractivity contribution in [2.75, 3.05) is 51.3 Å². The molecule has 6 nitrogen and oxygen atoms in total. The highest BCUT2D eigenvalue weighted by atomic mass is 32.1. The Morgan fingerprint density at radius 1 is 1.10 bits per heavy atom. The van der Waals surface area contributed by atoms with Crippen LogP contribution in [0.4, 0.5) is 5.13 Å². The number of anilines is 1. The molecule has 0 saturated carbocycles. The number of methoxy groups -OCH3 is 1. The van der Waals surface area contributed by atoms with Crippen LogP contribution in [-0.4, -0.2) is 67.1 Å². The van der Waals surface area contributed by atoms with Gasteiger partial charge in [0, 0.05) is 43.7 Å². The largest absolute Gasteiger partial charge is 0.497 e. The minimum atomic E-state index is 0.0893. The van der Waals surface area contributed by atoms with Crippen LogP contribution in [0.1, 0.15) is 35.8 Å². The number of carbonyl (C=O) groups excluding carboxylic acids is 1. The number of amides is 1. The maximum atomic E-state index is 12.7. The van der Waals surface area contributed by atoms with Gasteiger partial charge in [-0.25, -0.2) is 4.98 Å². The second kappa shape index (κ2) is 9.13. The summed E-state index contributed by atoms with van der Waals surface area (Å²) in [6.07, 6.45) is 2.59. The Kier molecular flexibility index (Phi) is 6.35. The first kappa shape index (κ1) is 20.2. The highest BCUT2D eigenvalue weighted by molar-refractivity contribution is 7.13. The highest BCUT2D eigenvalue weighted by Gasteiger charge is 2.24. The lowest BCUT2D eigenvalue weighted by atomic mass is 9.99. The average Bonchev–Trinajstić information content (AvgIpc) is 3.23. The molecule has 2 saturated heterocycles. The Morgan fingerprint density at radius 2 is 1.79 bits per heavy atom. The molecule has 2 aliphatic rings. The van der Waals surface area contributed by atoms with Gasteiger partial charge in [0.2, 0.25) is 0 Å². The van der Waals surface area contributed by atoms with Crippen molar-refractivity contribution in [1.82, 2.24) is 14.8 Å². The van der Waals surface area contributed by atoms with E-state index in [-0.39, 0.29) is 5.91 Å². The molecule has 1 aromatic heterocycles. The molecule has 0 atom stereocenters. The summed E-state index contributed by atoms with van der Waals surface area (Å²) in [4.78, 5) is 24.4. The van der Waals surface area contributed by atoms with Gasteiger partial charge in [0.1, 0.15) is 5.75 Å². The maximum absolute atomic E-state index is 12.7. The fourth-order valence-electron chi connectivity index (χ4n) is 3.98. The third kappa shape index (κ3) is 4.90. The number of rotatable bonds is 5. The van der Waals surface area contributed by atoms with Gasteiger partial charge in [-0.1, -0.05) is 6.92 Å². The summed E-state index contributed by atoms with van der Waals surface area (Å²) in [7, 11) is 1.63. The second-order valence-electron chi connectivity index (χ2n) is 8.09. The number of benzene rings is 1. The topological polar surface area (TPSA) is 48.9 Å². The van der Waals surface area contributed by atoms with Gasteiger partial charge in [-0.15, -0.1) is 11.3 Å². The first-order valence-electron chi connectivity index (χ1n) is 10.5. The van der Waals surface area contributed by atoms with Crippen LogP contribution < -0.4 is 9.64 Å². The smallest absolute Gasteiger partial charge is 0.253 e. The van der Waals surface area contributed by atoms with E-state index in [4.69, 9.17) is 9.72 Å². The molecular formula is C22H30N4O2S. The van der Waals surface area contributed by atoms with Gasteiger partial charge < -0.3 is 14.5 Å². The third-order valence-electron chi connectivity index (χ3n) is 5.98. The Morgan fingerprint density at radius 3 is 2.45 bits per heavy atom. The standard InChI is InChI=1S/C22H30N4O2S/c1-17-7-9-24(10-8-17)15-19-16-29-22(23-19)26-13-11-25(12-14-26)21(27)18-3-5-20(28-2)6-4-18/h3-6,16-17H,7-15H2,1-2H3. The summed E-state index contributed by atoms with van der Waals surface area (Å²) in [5, 5.41) is 3.28. The first-order valence-corrected chi connectivity index (χ1v) is 11.4. The number of ether oxygens (including phenoxy) is 1. The number of piperidine rings is 1. The number of nitrogens with zero attached hydrogens (tertiary/aromatic N) is 4. The van der Waals surface area contributed by atoms with Crippen LogP contribution in [0.2, 0.25) is 0 Å². The molecule has 4 rings (SSSR count). The molecular weight excluding hydrogens is 384 g/mol. The lowest BCUT2D eigenvalue weighted by molar-refractivity contribution is 0.0746. The molecule has 0 spiro atoms. The molecule has 156 valence electrons. The summed E-state index contributed by atoms with van der Waals surface area (Å²) in [5.41, 5.74) is 1.89. The Hall–Kier alpha value is -2.12. The molecule has 2 fully saturated rings. The molecule has 0 aliphatic carbocycles. The molecule has 0 bridgehead atoms. The predicted octanol–water partition coefficient (Wildman–Crippen LogP) is 3.35. The molecule has 2 aromatic rings. The predicted molar refractivity (Wildman–Crippen MR) is 117 cm³/mol. The number of thiazole rings is 1. The van der Waals surface area contributed by atoms with E-state index in [1.165, 1.54) is 31.6 Å². The summed E-state index contributed by atoms with van der Waals surface area (Å²) in [6, 6.07) is 7.34. The van der Waals surface area contributed by atoms with Crippen molar-refractivity contribution < 1.29 is 9.53 Å². The highest BCUT2D eigenvalue weighted by Crippen LogP contribution is 2.25. The van der Waals surface area contributed by atoms with Gasteiger partial charge in [-0.05, 0) is 56.1 Å². The van der Waals surface area contributed by atoms with Crippen molar-refractivity contribution in [2.45, 2.75) is 26.3 Å². The van der Waals surface area contributed by atoms with Crippen molar-refractivity contribution >= 4 is 22.4 Å². The lowest BCUT2D eigenvalue weighted by Gasteiger charge is -2.34. The molecule has 2 aliphatic heterocycles. The van der Waals surface area contributed by atoms with E-state index in [0.717, 1.165) is 49.5 Å². The monoisotopic (exact) mass is 414 g/mol. The molecule has 0 N–H and O–H groups in total. The van der Waals surface area contributed by atoms with Crippen molar-refractivity contribution in [1.29, 1.82) is 0 Å². The molecule has 7 heteroatoms. The Balaban J connectivity index is 1.29. The zero-order chi connectivity index (χ0) is 20.2. The normalized spacial score (nSPS) is 18.8. The minimum absolute atomic E-state index is 0.0893. The fourth-order valence-corrected chi connectivity index (χ4v) is 4.85. The number of piperazine rings is 1. The van der Waals surface area contributed by atoms with Gasteiger partial charge in [0.25, 0.3) is 5.91 Å². The van der Waals surface area contributed by atoms with Crippen LogP contribution in [0.15, 0.2) is 29.6 Å². The van der Waals surface area contributed by atoms with Crippen molar-refractivity contribution in [3.05, 3.63) is 40.9 Å². The first-order chi connectivity index (χ1) is 14.1. The summed E-state index contributed by atoms with van der Waals surface area (Å²) in [6.45, 7) is 8.77. The van der Waals surface area contributed by atoms with Crippen molar-refractivity contribution in [3.8, 4) is 5.75 Å². The van der Waals surface area contributed by atoms with E-state index in [1.807, 2.05) is 29.2 Å². The van der Waals surface area contributed by atoms with E-state index in [1.54, 1.807) is 18.4 Å². The van der Waals surface area contributed by atoms with Gasteiger partial charge in [-0.2, -0.15) is 0 Å². The molecule has 0 radical (unpaired) electrons. The average molecular weight is 415 g/mol. The summed E-state index contributed by atoms with van der Waals surface area (Å²) < 4.78 is 5.17. The van der Waals surface area contributed by atoms with Crippen LogP contribution in [0.25, 0.3) is 0 Å². The van der Waals surface area contributed by atoms with E-state index in [9.17, 15) is 4.79 Å². The molecule has 29 heavy (non-hydrogen) atoms. The van der Waals surface area contributed by atoms with E-state index >= 15 is 0 Å². The van der Waals surface area contributed by atoms with Crippen molar-refractivity contribution in [3.63, 3.8) is 0 Å². The fraction of sp³-hybridized carbons (Fsp3) is 0.545. The Bertz CT molecular complexity index is 806. The van der Waals surface area contributed by atoms with Crippen molar-refractivity contribution in [2.24, 2.45) is 5.92 Å². The summed E-state index contributed by atoms with van der Waals surface area (Å²) in [5.74, 6) is 1.71.